The first-order valence-electron chi connectivity index (χ1n) is 8.97. The van der Waals surface area contributed by atoms with E-state index in [4.69, 9.17) is 5.26 Å². The molecule has 2 aliphatic rings. The minimum Gasteiger partial charge on any atom is -0.404 e. The fourth-order valence-electron chi connectivity index (χ4n) is 3.96. The van der Waals surface area contributed by atoms with Gasteiger partial charge in [-0.15, -0.1) is 13.2 Å². The third-order valence-electron chi connectivity index (χ3n) is 5.31. The number of anilines is 2. The van der Waals surface area contributed by atoms with Crippen LogP contribution in [0, 0.1) is 11.3 Å². The van der Waals surface area contributed by atoms with Gasteiger partial charge in [-0.05, 0) is 30.2 Å². The van der Waals surface area contributed by atoms with Gasteiger partial charge in [-0.3, -0.25) is 4.79 Å². The maximum atomic E-state index is 12.7. The monoisotopic (exact) mass is 402 g/mol. The maximum absolute atomic E-state index is 12.7. The molecule has 1 fully saturated rings. The summed E-state index contributed by atoms with van der Waals surface area (Å²) in [4.78, 5) is 12.7. The normalized spacial score (nSPS) is 22.6. The average Bonchev–Trinajstić information content (AvgIpc) is 3.28. The number of amides is 1. The van der Waals surface area contributed by atoms with Crippen LogP contribution in [0.5, 0.6) is 5.75 Å². The Balaban J connectivity index is 1.52. The summed E-state index contributed by atoms with van der Waals surface area (Å²) in [5.41, 5.74) is 1.77. The fraction of sp³-hybridized carbons (Fsp3) is 0.300. The van der Waals surface area contributed by atoms with Crippen molar-refractivity contribution in [2.45, 2.75) is 24.2 Å². The zero-order valence-corrected chi connectivity index (χ0v) is 15.1. The van der Waals surface area contributed by atoms with Gasteiger partial charge in [-0.2, -0.15) is 5.26 Å². The van der Waals surface area contributed by atoms with Crippen LogP contribution in [0.2, 0.25) is 0 Å². The lowest BCUT2D eigenvalue weighted by molar-refractivity contribution is -0.274. The third-order valence-corrected chi connectivity index (χ3v) is 5.31. The van der Waals surface area contributed by atoms with Gasteiger partial charge in [0, 0.05) is 30.3 Å². The second-order valence-electron chi connectivity index (χ2n) is 7.18. The van der Waals surface area contributed by atoms with Crippen LogP contribution in [0.4, 0.5) is 24.5 Å². The highest BCUT2D eigenvalue weighted by Crippen LogP contribution is 2.42. The van der Waals surface area contributed by atoms with Gasteiger partial charge in [0.2, 0.25) is 5.91 Å². The van der Waals surface area contributed by atoms with Crippen LogP contribution < -0.4 is 20.7 Å². The highest BCUT2D eigenvalue weighted by atomic mass is 19.4. The summed E-state index contributed by atoms with van der Waals surface area (Å²) >= 11 is 0. The second-order valence-corrected chi connectivity index (χ2v) is 7.18. The van der Waals surface area contributed by atoms with E-state index in [0.717, 1.165) is 17.3 Å². The molecule has 4 rings (SSSR count). The van der Waals surface area contributed by atoms with Crippen molar-refractivity contribution in [3.63, 3.8) is 0 Å². The number of para-hydroxylation sites is 1. The van der Waals surface area contributed by atoms with Gasteiger partial charge in [0.25, 0.3) is 0 Å². The lowest BCUT2D eigenvalue weighted by Crippen LogP contribution is -2.35. The summed E-state index contributed by atoms with van der Waals surface area (Å²) in [5.74, 6) is -1.08. The molecular formula is C20H17F3N4O2. The van der Waals surface area contributed by atoms with Crippen molar-refractivity contribution in [3.05, 3.63) is 53.6 Å². The fourth-order valence-corrected chi connectivity index (χ4v) is 3.96. The first-order chi connectivity index (χ1) is 13.8. The Kier molecular flexibility index (Phi) is 4.59. The molecule has 0 radical (unpaired) electrons. The number of hydrogen-bond acceptors (Lipinski definition) is 5. The summed E-state index contributed by atoms with van der Waals surface area (Å²) in [6.07, 6.45) is -4.43. The van der Waals surface area contributed by atoms with Crippen molar-refractivity contribution in [2.75, 3.05) is 23.7 Å². The van der Waals surface area contributed by atoms with Crippen LogP contribution >= 0.6 is 0 Å². The quantitative estimate of drug-likeness (QED) is 0.735. The molecule has 0 aliphatic carbocycles. The van der Waals surface area contributed by atoms with E-state index in [0.29, 0.717) is 19.5 Å². The van der Waals surface area contributed by atoms with E-state index in [2.05, 4.69) is 20.7 Å². The number of alkyl halides is 3. The molecule has 6 nitrogen and oxygen atoms in total. The zero-order valence-electron chi connectivity index (χ0n) is 15.1. The van der Waals surface area contributed by atoms with Crippen LogP contribution in [0.1, 0.15) is 17.5 Å². The number of nitrogens with zero attached hydrogens (tertiary/aromatic N) is 1. The molecule has 150 valence electrons. The molecule has 0 saturated carbocycles. The number of carbonyl (C=O) groups is 1. The number of carbonyl (C=O) groups excluding carboxylic acids is 1. The van der Waals surface area contributed by atoms with Crippen molar-refractivity contribution in [1.82, 2.24) is 5.32 Å². The van der Waals surface area contributed by atoms with Crippen molar-refractivity contribution in [3.8, 4) is 11.8 Å². The molecule has 1 amide bonds. The van der Waals surface area contributed by atoms with Crippen molar-refractivity contribution in [1.29, 1.82) is 5.26 Å². The number of hydrogen-bond donors (Lipinski definition) is 3. The molecule has 2 unspecified atom stereocenters. The number of benzene rings is 2. The summed E-state index contributed by atoms with van der Waals surface area (Å²) < 4.78 is 42.1. The summed E-state index contributed by atoms with van der Waals surface area (Å²) in [5, 5.41) is 17.9. The number of rotatable bonds is 3. The summed E-state index contributed by atoms with van der Waals surface area (Å²) in [6, 6.07) is 12.6. The van der Waals surface area contributed by atoms with Gasteiger partial charge in [-0.25, -0.2) is 0 Å². The Morgan fingerprint density at radius 3 is 2.79 bits per heavy atom. The highest BCUT2D eigenvalue weighted by Gasteiger charge is 2.46. The molecule has 1 saturated heterocycles. The van der Waals surface area contributed by atoms with E-state index in [9.17, 15) is 18.0 Å². The second kappa shape index (κ2) is 6.97. The van der Waals surface area contributed by atoms with Crippen LogP contribution in [0.3, 0.4) is 0 Å². The van der Waals surface area contributed by atoms with Gasteiger partial charge in [0.1, 0.15) is 0 Å². The van der Waals surface area contributed by atoms with Gasteiger partial charge < -0.3 is 20.7 Å². The molecule has 0 aromatic heterocycles. The standard InChI is InChI=1S/C20H17F3N4O2/c21-20(22,23)29-17-7-12(9-24)5-6-15(17)27-18(28)16-8-19(11-26-16)10-25-14-4-2-1-3-13(14)19/h1-7,16,25-26H,8,10-11H2,(H,27,28). The van der Waals surface area contributed by atoms with Gasteiger partial charge in [0.05, 0.1) is 23.4 Å². The molecule has 2 aromatic carbocycles. The van der Waals surface area contributed by atoms with E-state index in [1.165, 1.54) is 12.1 Å². The summed E-state index contributed by atoms with van der Waals surface area (Å²) in [6.45, 7) is 1.26. The number of nitrogens with one attached hydrogen (secondary N) is 3. The molecule has 3 N–H and O–H groups in total. The highest BCUT2D eigenvalue weighted by molar-refractivity contribution is 5.96. The molecule has 0 bridgehead atoms. The van der Waals surface area contributed by atoms with E-state index in [1.807, 2.05) is 24.3 Å². The number of nitriles is 1. The van der Waals surface area contributed by atoms with Gasteiger partial charge in [0.15, 0.2) is 5.75 Å². The average molecular weight is 402 g/mol. The van der Waals surface area contributed by atoms with Gasteiger partial charge in [-0.1, -0.05) is 18.2 Å². The third kappa shape index (κ3) is 3.71. The molecule has 1 spiro atoms. The molecular weight excluding hydrogens is 385 g/mol. The summed E-state index contributed by atoms with van der Waals surface area (Å²) in [7, 11) is 0. The predicted octanol–water partition coefficient (Wildman–Crippen LogP) is 3.12. The van der Waals surface area contributed by atoms with Crippen molar-refractivity contribution >= 4 is 17.3 Å². The Bertz CT molecular complexity index is 1000. The molecule has 2 aromatic rings. The lowest BCUT2D eigenvalue weighted by Gasteiger charge is -2.22. The molecule has 2 heterocycles. The number of fused-ring (bicyclic) bond motifs is 2. The molecule has 9 heteroatoms. The molecule has 2 aliphatic heterocycles. The van der Waals surface area contributed by atoms with E-state index in [-0.39, 0.29) is 16.7 Å². The smallest absolute Gasteiger partial charge is 0.404 e. The van der Waals surface area contributed by atoms with Crippen LogP contribution in [0.15, 0.2) is 42.5 Å². The van der Waals surface area contributed by atoms with E-state index in [1.54, 1.807) is 6.07 Å². The molecule has 29 heavy (non-hydrogen) atoms. The Hall–Kier alpha value is -3.25. The van der Waals surface area contributed by atoms with Crippen LogP contribution in [0.25, 0.3) is 0 Å². The Morgan fingerprint density at radius 1 is 1.24 bits per heavy atom. The topological polar surface area (TPSA) is 86.2 Å². The Morgan fingerprint density at radius 2 is 2.03 bits per heavy atom. The lowest BCUT2D eigenvalue weighted by atomic mass is 9.80. The Labute approximate surface area is 164 Å². The van der Waals surface area contributed by atoms with Crippen molar-refractivity contribution < 1.29 is 22.7 Å². The first kappa shape index (κ1) is 19.1. The van der Waals surface area contributed by atoms with Crippen LogP contribution in [-0.4, -0.2) is 31.4 Å². The SMILES string of the molecule is N#Cc1ccc(NC(=O)C2CC3(CNc4ccccc43)CN2)c(OC(F)(F)F)c1. The predicted molar refractivity (Wildman–Crippen MR) is 99.5 cm³/mol. The first-order valence-corrected chi connectivity index (χ1v) is 8.97. The maximum Gasteiger partial charge on any atom is 0.573 e. The minimum absolute atomic E-state index is 0.00571. The molecule has 2 atom stereocenters. The minimum atomic E-state index is -4.94. The van der Waals surface area contributed by atoms with Crippen molar-refractivity contribution in [2.24, 2.45) is 0 Å². The van der Waals surface area contributed by atoms with Crippen LogP contribution in [-0.2, 0) is 10.2 Å². The zero-order chi connectivity index (χ0) is 20.6. The number of halogens is 3. The number of ether oxygens (including phenoxy) is 1. The van der Waals surface area contributed by atoms with E-state index < -0.39 is 24.1 Å². The van der Waals surface area contributed by atoms with Gasteiger partial charge >= 0.3 is 6.36 Å². The van der Waals surface area contributed by atoms with E-state index >= 15 is 0 Å². The largest absolute Gasteiger partial charge is 0.573 e.